The van der Waals surface area contributed by atoms with Crippen LogP contribution in [0.25, 0.3) is 11.1 Å². The molecule has 0 aromatic heterocycles. The molecule has 0 saturated carbocycles. The van der Waals surface area contributed by atoms with Gasteiger partial charge in [0, 0.05) is 18.7 Å². The van der Waals surface area contributed by atoms with Gasteiger partial charge in [-0.1, -0.05) is 12.1 Å². The van der Waals surface area contributed by atoms with Crippen LogP contribution in [0, 0.1) is 18.6 Å². The van der Waals surface area contributed by atoms with Crippen LogP contribution in [0.3, 0.4) is 0 Å². The van der Waals surface area contributed by atoms with Crippen LogP contribution in [0.15, 0.2) is 30.3 Å². The zero-order valence-corrected chi connectivity index (χ0v) is 10.8. The van der Waals surface area contributed by atoms with E-state index in [9.17, 15) is 8.78 Å². The molecule has 2 nitrogen and oxygen atoms in total. The molecular weight excluding hydrogens is 248 g/mol. The molecule has 2 aromatic carbocycles. The van der Waals surface area contributed by atoms with Gasteiger partial charge < -0.3 is 10.5 Å². The average molecular weight is 263 g/mol. The largest absolute Gasteiger partial charge is 0.497 e. The Morgan fingerprint density at radius 3 is 2.26 bits per heavy atom. The van der Waals surface area contributed by atoms with Crippen LogP contribution in [0.2, 0.25) is 0 Å². The summed E-state index contributed by atoms with van der Waals surface area (Å²) in [7, 11) is 1.37. The van der Waals surface area contributed by atoms with Crippen molar-refractivity contribution >= 4 is 0 Å². The van der Waals surface area contributed by atoms with Gasteiger partial charge in [-0.15, -0.1) is 0 Å². The van der Waals surface area contributed by atoms with Crippen LogP contribution in [0.4, 0.5) is 8.78 Å². The van der Waals surface area contributed by atoms with Crippen LogP contribution >= 0.6 is 0 Å². The molecule has 0 atom stereocenters. The molecule has 2 aromatic rings. The van der Waals surface area contributed by atoms with Crippen molar-refractivity contribution in [2.75, 3.05) is 7.11 Å². The summed E-state index contributed by atoms with van der Waals surface area (Å²) < 4.78 is 32.9. The zero-order valence-electron chi connectivity index (χ0n) is 10.8. The van der Waals surface area contributed by atoms with E-state index < -0.39 is 11.6 Å². The summed E-state index contributed by atoms with van der Waals surface area (Å²) in [5.74, 6) is -1.13. The molecule has 100 valence electrons. The number of halogens is 2. The van der Waals surface area contributed by atoms with Crippen molar-refractivity contribution in [2.24, 2.45) is 5.73 Å². The molecule has 0 radical (unpaired) electrons. The summed E-state index contributed by atoms with van der Waals surface area (Å²) >= 11 is 0. The minimum Gasteiger partial charge on any atom is -0.497 e. The van der Waals surface area contributed by atoms with Crippen LogP contribution in [-0.2, 0) is 6.54 Å². The molecular formula is C15H15F2NO. The number of ether oxygens (including phenoxy) is 1. The molecule has 0 unspecified atom stereocenters. The van der Waals surface area contributed by atoms with E-state index >= 15 is 0 Å². The lowest BCUT2D eigenvalue weighted by molar-refractivity contribution is 0.407. The van der Waals surface area contributed by atoms with E-state index in [1.807, 2.05) is 6.07 Å². The van der Waals surface area contributed by atoms with Crippen molar-refractivity contribution in [3.63, 3.8) is 0 Å². The Morgan fingerprint density at radius 1 is 1.11 bits per heavy atom. The average Bonchev–Trinajstić information content (AvgIpc) is 2.39. The van der Waals surface area contributed by atoms with Crippen molar-refractivity contribution in [2.45, 2.75) is 13.5 Å². The number of benzene rings is 2. The SMILES string of the molecule is COc1cc(F)c(-c2cc(CN)ccc2C)c(F)c1. The first kappa shape index (κ1) is 13.5. The van der Waals surface area contributed by atoms with E-state index in [2.05, 4.69) is 0 Å². The van der Waals surface area contributed by atoms with Gasteiger partial charge >= 0.3 is 0 Å². The maximum absolute atomic E-state index is 14.0. The smallest absolute Gasteiger partial charge is 0.137 e. The van der Waals surface area contributed by atoms with Crippen molar-refractivity contribution < 1.29 is 13.5 Å². The van der Waals surface area contributed by atoms with Crippen molar-refractivity contribution in [3.8, 4) is 16.9 Å². The molecule has 0 spiro atoms. The van der Waals surface area contributed by atoms with E-state index in [0.29, 0.717) is 12.1 Å². The third-order valence-corrected chi connectivity index (χ3v) is 3.06. The highest BCUT2D eigenvalue weighted by atomic mass is 19.1. The second kappa shape index (κ2) is 5.36. The maximum Gasteiger partial charge on any atom is 0.137 e. The second-order valence-electron chi connectivity index (χ2n) is 4.32. The van der Waals surface area contributed by atoms with Gasteiger partial charge in [-0.3, -0.25) is 0 Å². The standard InChI is InChI=1S/C15H15F2NO/c1-9-3-4-10(8-18)5-12(9)15-13(16)6-11(19-2)7-14(15)17/h3-7H,8,18H2,1-2H3. The third-order valence-electron chi connectivity index (χ3n) is 3.06. The van der Waals surface area contributed by atoms with Crippen LogP contribution in [0.1, 0.15) is 11.1 Å². The highest BCUT2D eigenvalue weighted by molar-refractivity contribution is 5.70. The molecule has 4 heteroatoms. The molecule has 2 rings (SSSR count). The number of hydrogen-bond donors (Lipinski definition) is 1. The highest BCUT2D eigenvalue weighted by Gasteiger charge is 2.15. The Morgan fingerprint density at radius 2 is 1.74 bits per heavy atom. The fourth-order valence-corrected chi connectivity index (χ4v) is 1.99. The molecule has 19 heavy (non-hydrogen) atoms. The van der Waals surface area contributed by atoms with E-state index in [1.54, 1.807) is 19.1 Å². The lowest BCUT2D eigenvalue weighted by Crippen LogP contribution is -1.99. The molecule has 2 N–H and O–H groups in total. The lowest BCUT2D eigenvalue weighted by Gasteiger charge is -2.11. The summed E-state index contributed by atoms with van der Waals surface area (Å²) in [5, 5.41) is 0. The van der Waals surface area contributed by atoms with Gasteiger partial charge in [0.05, 0.1) is 12.7 Å². The van der Waals surface area contributed by atoms with Gasteiger partial charge in [0.25, 0.3) is 0 Å². The number of nitrogens with two attached hydrogens (primary N) is 1. The minimum absolute atomic E-state index is 0.0476. The van der Waals surface area contributed by atoms with E-state index in [4.69, 9.17) is 10.5 Å². The summed E-state index contributed by atoms with van der Waals surface area (Å²) in [6.07, 6.45) is 0. The quantitative estimate of drug-likeness (QED) is 0.921. The van der Waals surface area contributed by atoms with Gasteiger partial charge in [-0.05, 0) is 29.7 Å². The molecule has 0 bridgehead atoms. The highest BCUT2D eigenvalue weighted by Crippen LogP contribution is 2.32. The fourth-order valence-electron chi connectivity index (χ4n) is 1.99. The van der Waals surface area contributed by atoms with Crippen LogP contribution in [0.5, 0.6) is 5.75 Å². The van der Waals surface area contributed by atoms with Crippen molar-refractivity contribution in [3.05, 3.63) is 53.1 Å². The lowest BCUT2D eigenvalue weighted by atomic mass is 9.97. The summed E-state index contributed by atoms with van der Waals surface area (Å²) in [4.78, 5) is 0. The summed E-state index contributed by atoms with van der Waals surface area (Å²) in [6.45, 7) is 2.13. The molecule has 0 saturated heterocycles. The normalized spacial score (nSPS) is 10.6. The Labute approximate surface area is 110 Å². The van der Waals surface area contributed by atoms with Crippen molar-refractivity contribution in [1.82, 2.24) is 0 Å². The Balaban J connectivity index is 2.65. The Hall–Kier alpha value is -1.94. The third kappa shape index (κ3) is 2.58. The first-order valence-corrected chi connectivity index (χ1v) is 5.89. The predicted molar refractivity (Wildman–Crippen MR) is 71.0 cm³/mol. The second-order valence-corrected chi connectivity index (χ2v) is 4.32. The van der Waals surface area contributed by atoms with E-state index in [1.165, 1.54) is 19.2 Å². The molecule has 0 amide bonds. The van der Waals surface area contributed by atoms with Gasteiger partial charge in [0.2, 0.25) is 0 Å². The first-order valence-electron chi connectivity index (χ1n) is 5.89. The molecule has 0 fully saturated rings. The molecule has 0 aliphatic carbocycles. The zero-order chi connectivity index (χ0) is 14.0. The molecule has 0 aliphatic rings. The predicted octanol–water partition coefficient (Wildman–Crippen LogP) is 3.41. The van der Waals surface area contributed by atoms with Gasteiger partial charge in [0.1, 0.15) is 17.4 Å². The van der Waals surface area contributed by atoms with Gasteiger partial charge in [-0.25, -0.2) is 8.78 Å². The van der Waals surface area contributed by atoms with Gasteiger partial charge in [0.15, 0.2) is 0 Å². The molecule has 0 aliphatic heterocycles. The molecule has 0 heterocycles. The van der Waals surface area contributed by atoms with Gasteiger partial charge in [-0.2, -0.15) is 0 Å². The summed E-state index contributed by atoms with van der Waals surface area (Å²) in [5.41, 5.74) is 7.65. The van der Waals surface area contributed by atoms with E-state index in [-0.39, 0.29) is 11.3 Å². The fraction of sp³-hybridized carbons (Fsp3) is 0.200. The van der Waals surface area contributed by atoms with Crippen molar-refractivity contribution in [1.29, 1.82) is 0 Å². The number of rotatable bonds is 3. The monoisotopic (exact) mass is 263 g/mol. The number of methoxy groups -OCH3 is 1. The van der Waals surface area contributed by atoms with Crippen LogP contribution < -0.4 is 10.5 Å². The topological polar surface area (TPSA) is 35.2 Å². The Bertz CT molecular complexity index is 588. The minimum atomic E-state index is -0.644. The maximum atomic E-state index is 14.0. The first-order chi connectivity index (χ1) is 9.06. The van der Waals surface area contributed by atoms with Crippen LogP contribution in [-0.4, -0.2) is 7.11 Å². The van der Waals surface area contributed by atoms with E-state index in [0.717, 1.165) is 11.1 Å². The number of aryl methyl sites for hydroxylation is 1. The Kier molecular flexibility index (Phi) is 3.81. The summed E-state index contributed by atoms with van der Waals surface area (Å²) in [6, 6.07) is 7.71. The number of hydrogen-bond acceptors (Lipinski definition) is 2.